The third-order valence-corrected chi connectivity index (χ3v) is 3.99. The van der Waals surface area contributed by atoms with Gasteiger partial charge in [0.25, 0.3) is 0 Å². The van der Waals surface area contributed by atoms with Gasteiger partial charge in [-0.2, -0.15) is 5.10 Å². The van der Waals surface area contributed by atoms with Gasteiger partial charge in [-0.15, -0.1) is 0 Å². The standard InChI is InChI=1S/C17H20N4/c1-10-5-12(3)17-15(6-10)11(2)7-16(20-17)21-13(4)14(8-18)9-19-21/h5-7,9H,8,18H2,1-4H3. The number of nitrogens with two attached hydrogens (primary N) is 1. The van der Waals surface area contributed by atoms with Gasteiger partial charge in [-0.1, -0.05) is 11.6 Å². The third kappa shape index (κ3) is 2.21. The number of hydrogen-bond donors (Lipinski definition) is 1. The molecule has 2 heterocycles. The fraction of sp³-hybridized carbons (Fsp3) is 0.294. The first-order chi connectivity index (χ1) is 10.0. The highest BCUT2D eigenvalue weighted by Crippen LogP contribution is 2.24. The van der Waals surface area contributed by atoms with Gasteiger partial charge in [-0.05, 0) is 51.0 Å². The van der Waals surface area contributed by atoms with Crippen LogP contribution in [0.2, 0.25) is 0 Å². The maximum atomic E-state index is 5.73. The molecule has 3 rings (SSSR count). The van der Waals surface area contributed by atoms with Crippen LogP contribution in [0.15, 0.2) is 24.4 Å². The van der Waals surface area contributed by atoms with Crippen LogP contribution in [0.5, 0.6) is 0 Å². The van der Waals surface area contributed by atoms with Crippen molar-refractivity contribution in [3.63, 3.8) is 0 Å². The summed E-state index contributed by atoms with van der Waals surface area (Å²) in [6, 6.07) is 6.44. The number of aryl methyl sites for hydroxylation is 3. The number of hydrogen-bond acceptors (Lipinski definition) is 3. The fourth-order valence-electron chi connectivity index (χ4n) is 2.81. The molecule has 21 heavy (non-hydrogen) atoms. The maximum Gasteiger partial charge on any atom is 0.154 e. The van der Waals surface area contributed by atoms with Crippen LogP contribution in [0.1, 0.15) is 27.9 Å². The van der Waals surface area contributed by atoms with Crippen LogP contribution in [0.3, 0.4) is 0 Å². The summed E-state index contributed by atoms with van der Waals surface area (Å²) in [4.78, 5) is 4.82. The second-order valence-corrected chi connectivity index (χ2v) is 5.65. The van der Waals surface area contributed by atoms with Crippen molar-refractivity contribution >= 4 is 10.9 Å². The van der Waals surface area contributed by atoms with E-state index in [0.717, 1.165) is 22.6 Å². The summed E-state index contributed by atoms with van der Waals surface area (Å²) >= 11 is 0. The van der Waals surface area contributed by atoms with Crippen molar-refractivity contribution in [2.75, 3.05) is 0 Å². The van der Waals surface area contributed by atoms with E-state index >= 15 is 0 Å². The van der Waals surface area contributed by atoms with E-state index < -0.39 is 0 Å². The van der Waals surface area contributed by atoms with Crippen LogP contribution in [0.4, 0.5) is 0 Å². The Labute approximate surface area is 124 Å². The number of benzene rings is 1. The number of rotatable bonds is 2. The normalized spacial score (nSPS) is 11.3. The lowest BCUT2D eigenvalue weighted by Gasteiger charge is -2.11. The number of nitrogens with zero attached hydrogens (tertiary/aromatic N) is 3. The molecule has 1 aromatic carbocycles. The van der Waals surface area contributed by atoms with Crippen LogP contribution < -0.4 is 5.73 Å². The van der Waals surface area contributed by atoms with Gasteiger partial charge in [-0.25, -0.2) is 9.67 Å². The van der Waals surface area contributed by atoms with Gasteiger partial charge in [0.15, 0.2) is 5.82 Å². The van der Waals surface area contributed by atoms with Gasteiger partial charge >= 0.3 is 0 Å². The van der Waals surface area contributed by atoms with E-state index in [4.69, 9.17) is 10.7 Å². The minimum absolute atomic E-state index is 0.497. The van der Waals surface area contributed by atoms with E-state index in [1.807, 2.05) is 17.8 Å². The molecular formula is C17H20N4. The molecular weight excluding hydrogens is 260 g/mol. The molecule has 0 saturated carbocycles. The summed E-state index contributed by atoms with van der Waals surface area (Å²) in [5.41, 5.74) is 12.5. The molecule has 0 aliphatic rings. The van der Waals surface area contributed by atoms with E-state index in [-0.39, 0.29) is 0 Å². The van der Waals surface area contributed by atoms with Crippen molar-refractivity contribution in [1.82, 2.24) is 14.8 Å². The van der Waals surface area contributed by atoms with E-state index in [1.54, 1.807) is 0 Å². The summed E-state index contributed by atoms with van der Waals surface area (Å²) in [7, 11) is 0. The highest BCUT2D eigenvalue weighted by atomic mass is 15.3. The number of aromatic nitrogens is 3. The van der Waals surface area contributed by atoms with Crippen molar-refractivity contribution in [2.24, 2.45) is 5.73 Å². The molecule has 3 aromatic rings. The van der Waals surface area contributed by atoms with Crippen molar-refractivity contribution < 1.29 is 0 Å². The van der Waals surface area contributed by atoms with Gasteiger partial charge in [0, 0.05) is 23.2 Å². The average molecular weight is 280 g/mol. The second-order valence-electron chi connectivity index (χ2n) is 5.65. The molecule has 0 amide bonds. The zero-order chi connectivity index (χ0) is 15.1. The Morgan fingerprint density at radius 2 is 1.81 bits per heavy atom. The number of pyridine rings is 1. The van der Waals surface area contributed by atoms with Crippen LogP contribution in [0.25, 0.3) is 16.7 Å². The van der Waals surface area contributed by atoms with Crippen LogP contribution in [-0.4, -0.2) is 14.8 Å². The monoisotopic (exact) mass is 280 g/mol. The van der Waals surface area contributed by atoms with Crippen molar-refractivity contribution in [3.8, 4) is 5.82 Å². The lowest BCUT2D eigenvalue weighted by atomic mass is 10.0. The Morgan fingerprint density at radius 1 is 1.05 bits per heavy atom. The largest absolute Gasteiger partial charge is 0.326 e. The molecule has 0 spiro atoms. The van der Waals surface area contributed by atoms with Crippen LogP contribution >= 0.6 is 0 Å². The predicted octanol–water partition coefficient (Wildman–Crippen LogP) is 3.11. The molecule has 0 aliphatic carbocycles. The fourth-order valence-corrected chi connectivity index (χ4v) is 2.81. The van der Waals surface area contributed by atoms with E-state index in [0.29, 0.717) is 6.54 Å². The molecule has 4 heteroatoms. The molecule has 108 valence electrons. The van der Waals surface area contributed by atoms with Gasteiger partial charge < -0.3 is 5.73 Å². The Morgan fingerprint density at radius 3 is 2.48 bits per heavy atom. The summed E-state index contributed by atoms with van der Waals surface area (Å²) in [5, 5.41) is 5.63. The highest BCUT2D eigenvalue weighted by molar-refractivity contribution is 5.86. The summed E-state index contributed by atoms with van der Waals surface area (Å²) < 4.78 is 1.87. The van der Waals surface area contributed by atoms with Crippen molar-refractivity contribution in [3.05, 3.63) is 52.3 Å². The van der Waals surface area contributed by atoms with Crippen LogP contribution in [-0.2, 0) is 6.54 Å². The molecule has 0 bridgehead atoms. The minimum Gasteiger partial charge on any atom is -0.326 e. The second kappa shape index (κ2) is 4.97. The van der Waals surface area contributed by atoms with E-state index in [9.17, 15) is 0 Å². The van der Waals surface area contributed by atoms with Gasteiger partial charge in [-0.3, -0.25) is 0 Å². The smallest absolute Gasteiger partial charge is 0.154 e. The van der Waals surface area contributed by atoms with Crippen molar-refractivity contribution in [1.29, 1.82) is 0 Å². The molecule has 0 radical (unpaired) electrons. The SMILES string of the molecule is Cc1cc(C)c2nc(-n3ncc(CN)c3C)cc(C)c2c1. The zero-order valence-electron chi connectivity index (χ0n) is 12.9. The first-order valence-electron chi connectivity index (χ1n) is 7.14. The van der Waals surface area contributed by atoms with Crippen LogP contribution in [0, 0.1) is 27.7 Å². The molecule has 2 aromatic heterocycles. The molecule has 0 atom stereocenters. The van der Waals surface area contributed by atoms with E-state index in [2.05, 4.69) is 44.1 Å². The Kier molecular flexibility index (Phi) is 3.26. The highest BCUT2D eigenvalue weighted by Gasteiger charge is 2.11. The Balaban J connectivity index is 2.27. The molecule has 4 nitrogen and oxygen atoms in total. The molecule has 0 saturated heterocycles. The van der Waals surface area contributed by atoms with E-state index in [1.165, 1.54) is 22.1 Å². The zero-order valence-corrected chi connectivity index (χ0v) is 12.9. The third-order valence-electron chi connectivity index (χ3n) is 3.99. The van der Waals surface area contributed by atoms with Gasteiger partial charge in [0.1, 0.15) is 0 Å². The molecule has 0 fully saturated rings. The lowest BCUT2D eigenvalue weighted by molar-refractivity contribution is 0.817. The summed E-state index contributed by atoms with van der Waals surface area (Å²) in [6.07, 6.45) is 1.82. The maximum absolute atomic E-state index is 5.73. The quantitative estimate of drug-likeness (QED) is 0.784. The summed E-state index contributed by atoms with van der Waals surface area (Å²) in [6.45, 7) is 8.86. The summed E-state index contributed by atoms with van der Waals surface area (Å²) in [5.74, 6) is 0.851. The minimum atomic E-state index is 0.497. The number of fused-ring (bicyclic) bond motifs is 1. The Bertz CT molecular complexity index is 830. The first-order valence-corrected chi connectivity index (χ1v) is 7.14. The van der Waals surface area contributed by atoms with Gasteiger partial charge in [0.05, 0.1) is 11.7 Å². The topological polar surface area (TPSA) is 56.7 Å². The molecule has 2 N–H and O–H groups in total. The van der Waals surface area contributed by atoms with Gasteiger partial charge in [0.2, 0.25) is 0 Å². The molecule has 0 unspecified atom stereocenters. The Hall–Kier alpha value is -2.20. The lowest BCUT2D eigenvalue weighted by Crippen LogP contribution is -2.05. The predicted molar refractivity (Wildman–Crippen MR) is 85.7 cm³/mol. The first kappa shape index (κ1) is 13.8. The molecule has 0 aliphatic heterocycles. The van der Waals surface area contributed by atoms with Crippen molar-refractivity contribution in [2.45, 2.75) is 34.2 Å². The average Bonchev–Trinajstić information content (AvgIpc) is 2.81.